The molecule has 0 aliphatic heterocycles. The van der Waals surface area contributed by atoms with E-state index in [1.807, 2.05) is 29.9 Å². The number of amides is 1. The highest BCUT2D eigenvalue weighted by Crippen LogP contribution is 2.37. The van der Waals surface area contributed by atoms with Gasteiger partial charge in [-0.15, -0.1) is 0 Å². The van der Waals surface area contributed by atoms with Gasteiger partial charge in [0.25, 0.3) is 5.91 Å². The molecule has 8 nitrogen and oxygen atoms in total. The predicted molar refractivity (Wildman–Crippen MR) is 137 cm³/mol. The summed E-state index contributed by atoms with van der Waals surface area (Å²) in [7, 11) is 0. The van der Waals surface area contributed by atoms with Gasteiger partial charge in [-0.05, 0) is 76.5 Å². The molecule has 8 heteroatoms. The molecule has 188 valence electrons. The van der Waals surface area contributed by atoms with Crippen molar-refractivity contribution < 1.29 is 14.3 Å². The number of carbonyl (C=O) groups excluding carboxylic acids is 1. The molecule has 1 aliphatic carbocycles. The number of hydrogen-bond donors (Lipinski definition) is 3. The molecule has 3 aromatic rings. The maximum Gasteiger partial charge on any atom is 0.259 e. The second-order valence-corrected chi connectivity index (χ2v) is 10.4. The summed E-state index contributed by atoms with van der Waals surface area (Å²) in [4.78, 5) is 17.4. The molecule has 0 atom stereocenters. The van der Waals surface area contributed by atoms with E-state index < -0.39 is 5.60 Å². The molecule has 3 heterocycles. The van der Waals surface area contributed by atoms with E-state index in [0.29, 0.717) is 28.6 Å². The van der Waals surface area contributed by atoms with Crippen molar-refractivity contribution in [1.29, 1.82) is 0 Å². The Labute approximate surface area is 207 Å². The lowest BCUT2D eigenvalue weighted by atomic mass is 9.80. The first-order valence-corrected chi connectivity index (χ1v) is 12.6. The van der Waals surface area contributed by atoms with Crippen molar-refractivity contribution in [2.24, 2.45) is 11.8 Å². The van der Waals surface area contributed by atoms with Crippen LogP contribution in [0.1, 0.15) is 82.4 Å². The highest BCUT2D eigenvalue weighted by atomic mass is 16.3. The molecule has 1 aliphatic rings. The standard InChI is InChI=1S/C27H37N5O3/c1-6-28-24-14-19(11-12-29-24)23-13-20(16-35-23)26(33)30-22-15-32(31-25(22)27(4,5)34)21-9-7-18(8-10-21)17(2)3/h11-18,21,34H,6-10H2,1-5H3,(H,28,29)(H,30,33). The molecule has 1 fully saturated rings. The summed E-state index contributed by atoms with van der Waals surface area (Å²) in [6.07, 6.45) is 9.45. The lowest BCUT2D eigenvalue weighted by molar-refractivity contribution is 0.0729. The van der Waals surface area contributed by atoms with Crippen LogP contribution in [0.4, 0.5) is 11.5 Å². The molecule has 0 spiro atoms. The van der Waals surface area contributed by atoms with Crippen LogP contribution in [0.25, 0.3) is 11.3 Å². The lowest BCUT2D eigenvalue weighted by Gasteiger charge is -2.31. The van der Waals surface area contributed by atoms with Gasteiger partial charge in [0.05, 0.1) is 17.3 Å². The number of aromatic nitrogens is 3. The van der Waals surface area contributed by atoms with Gasteiger partial charge in [-0.2, -0.15) is 5.10 Å². The van der Waals surface area contributed by atoms with Crippen molar-refractivity contribution in [1.82, 2.24) is 14.8 Å². The van der Waals surface area contributed by atoms with Gasteiger partial charge in [0.2, 0.25) is 0 Å². The molecule has 1 amide bonds. The number of nitrogens with one attached hydrogen (secondary N) is 2. The molecule has 3 N–H and O–H groups in total. The van der Waals surface area contributed by atoms with E-state index in [-0.39, 0.29) is 11.9 Å². The summed E-state index contributed by atoms with van der Waals surface area (Å²) in [5.74, 6) is 2.46. The van der Waals surface area contributed by atoms with Gasteiger partial charge in [0.15, 0.2) is 0 Å². The summed E-state index contributed by atoms with van der Waals surface area (Å²) in [5, 5.41) is 21.6. The Morgan fingerprint density at radius 3 is 2.66 bits per heavy atom. The van der Waals surface area contributed by atoms with E-state index in [1.54, 1.807) is 26.1 Å². The van der Waals surface area contributed by atoms with E-state index in [0.717, 1.165) is 36.7 Å². The quantitative estimate of drug-likeness (QED) is 0.375. The monoisotopic (exact) mass is 479 g/mol. The Kier molecular flexibility index (Phi) is 7.31. The number of carbonyl (C=O) groups is 1. The van der Waals surface area contributed by atoms with E-state index in [1.165, 1.54) is 19.1 Å². The van der Waals surface area contributed by atoms with Gasteiger partial charge in [-0.1, -0.05) is 13.8 Å². The summed E-state index contributed by atoms with van der Waals surface area (Å²) >= 11 is 0. The highest BCUT2D eigenvalue weighted by Gasteiger charge is 2.30. The average Bonchev–Trinajstić information content (AvgIpc) is 3.47. The van der Waals surface area contributed by atoms with Gasteiger partial charge in [0.1, 0.15) is 29.1 Å². The minimum Gasteiger partial charge on any atom is -0.464 e. The lowest BCUT2D eigenvalue weighted by Crippen LogP contribution is -2.23. The smallest absolute Gasteiger partial charge is 0.259 e. The maximum atomic E-state index is 13.1. The van der Waals surface area contributed by atoms with Crippen LogP contribution in [0.2, 0.25) is 0 Å². The van der Waals surface area contributed by atoms with Crippen molar-refractivity contribution in [3.05, 3.63) is 48.1 Å². The first-order chi connectivity index (χ1) is 16.7. The fraction of sp³-hybridized carbons (Fsp3) is 0.519. The molecular formula is C27H37N5O3. The average molecular weight is 480 g/mol. The Bertz CT molecular complexity index is 1150. The number of aliphatic hydroxyl groups is 1. The number of rotatable bonds is 8. The summed E-state index contributed by atoms with van der Waals surface area (Å²) in [6.45, 7) is 10.7. The second kappa shape index (κ2) is 10.2. The first kappa shape index (κ1) is 25.0. The third-order valence-corrected chi connectivity index (χ3v) is 6.88. The van der Waals surface area contributed by atoms with Crippen LogP contribution in [-0.2, 0) is 5.60 Å². The molecule has 3 aromatic heterocycles. The van der Waals surface area contributed by atoms with Gasteiger partial charge < -0.3 is 20.2 Å². The highest BCUT2D eigenvalue weighted by molar-refractivity contribution is 6.05. The Morgan fingerprint density at radius 1 is 1.26 bits per heavy atom. The predicted octanol–water partition coefficient (Wildman–Crippen LogP) is 5.84. The first-order valence-electron chi connectivity index (χ1n) is 12.6. The van der Waals surface area contributed by atoms with Crippen LogP contribution in [0.3, 0.4) is 0 Å². The Balaban J connectivity index is 1.52. The number of nitrogens with zero attached hydrogens (tertiary/aromatic N) is 3. The van der Waals surface area contributed by atoms with Crippen LogP contribution in [0.15, 0.2) is 41.3 Å². The Hall–Kier alpha value is -3.13. The minimum absolute atomic E-state index is 0.273. The number of pyridine rings is 1. The molecule has 0 saturated heterocycles. The zero-order valence-corrected chi connectivity index (χ0v) is 21.3. The van der Waals surface area contributed by atoms with Crippen LogP contribution < -0.4 is 10.6 Å². The normalized spacial score (nSPS) is 18.6. The van der Waals surface area contributed by atoms with Gasteiger partial charge in [0, 0.05) is 24.5 Å². The van der Waals surface area contributed by atoms with Crippen molar-refractivity contribution in [2.45, 2.75) is 71.9 Å². The van der Waals surface area contributed by atoms with Gasteiger partial charge in [-0.25, -0.2) is 4.98 Å². The van der Waals surface area contributed by atoms with Crippen molar-refractivity contribution in [3.63, 3.8) is 0 Å². The summed E-state index contributed by atoms with van der Waals surface area (Å²) in [5.41, 5.74) is 1.02. The molecule has 0 radical (unpaired) electrons. The van der Waals surface area contributed by atoms with Crippen LogP contribution in [0.5, 0.6) is 0 Å². The van der Waals surface area contributed by atoms with Crippen molar-refractivity contribution >= 4 is 17.4 Å². The number of furan rings is 1. The fourth-order valence-corrected chi connectivity index (χ4v) is 4.82. The molecule has 35 heavy (non-hydrogen) atoms. The summed E-state index contributed by atoms with van der Waals surface area (Å²) < 4.78 is 7.61. The van der Waals surface area contributed by atoms with Crippen molar-refractivity contribution in [3.8, 4) is 11.3 Å². The van der Waals surface area contributed by atoms with E-state index in [2.05, 4.69) is 29.5 Å². The molecule has 0 aromatic carbocycles. The van der Waals surface area contributed by atoms with Crippen LogP contribution >= 0.6 is 0 Å². The molecule has 0 unspecified atom stereocenters. The maximum absolute atomic E-state index is 13.1. The zero-order chi connectivity index (χ0) is 25.2. The van der Waals surface area contributed by atoms with Crippen LogP contribution in [0, 0.1) is 11.8 Å². The van der Waals surface area contributed by atoms with Crippen LogP contribution in [-0.4, -0.2) is 32.3 Å². The third-order valence-electron chi connectivity index (χ3n) is 6.88. The fourth-order valence-electron chi connectivity index (χ4n) is 4.82. The number of anilines is 2. The van der Waals surface area contributed by atoms with E-state index in [4.69, 9.17) is 9.52 Å². The van der Waals surface area contributed by atoms with E-state index in [9.17, 15) is 9.90 Å². The second-order valence-electron chi connectivity index (χ2n) is 10.4. The largest absolute Gasteiger partial charge is 0.464 e. The molecule has 0 bridgehead atoms. The van der Waals surface area contributed by atoms with Gasteiger partial charge in [-0.3, -0.25) is 9.48 Å². The minimum atomic E-state index is -1.19. The van der Waals surface area contributed by atoms with Gasteiger partial charge >= 0.3 is 0 Å². The van der Waals surface area contributed by atoms with E-state index >= 15 is 0 Å². The van der Waals surface area contributed by atoms with Crippen molar-refractivity contribution in [2.75, 3.05) is 17.2 Å². The molecule has 1 saturated carbocycles. The zero-order valence-electron chi connectivity index (χ0n) is 21.3. The molecular weight excluding hydrogens is 442 g/mol. The third kappa shape index (κ3) is 5.75. The SMILES string of the molecule is CCNc1cc(-c2cc(C(=O)Nc3cn(C4CCC(C(C)C)CC4)nc3C(C)(C)O)co2)ccn1. The Morgan fingerprint density at radius 2 is 2.00 bits per heavy atom. The number of hydrogen-bond acceptors (Lipinski definition) is 6. The molecule has 4 rings (SSSR count). The summed E-state index contributed by atoms with van der Waals surface area (Å²) in [6, 6.07) is 5.71. The topological polar surface area (TPSA) is 105 Å².